The molecule has 7 heteroatoms. The highest BCUT2D eigenvalue weighted by Gasteiger charge is 2.20. The number of halogens is 2. The highest BCUT2D eigenvalue weighted by molar-refractivity contribution is 6.36. The summed E-state index contributed by atoms with van der Waals surface area (Å²) >= 11 is 11.9. The van der Waals surface area contributed by atoms with Crippen molar-refractivity contribution in [3.63, 3.8) is 0 Å². The van der Waals surface area contributed by atoms with E-state index in [1.165, 1.54) is 0 Å². The Morgan fingerprint density at radius 3 is 2.52 bits per heavy atom. The zero-order valence-corrected chi connectivity index (χ0v) is 13.3. The van der Waals surface area contributed by atoms with Crippen molar-refractivity contribution in [3.8, 4) is 0 Å². The smallest absolute Gasteiger partial charge is 0.253 e. The molecule has 1 aromatic heterocycles. The third kappa shape index (κ3) is 4.19. The maximum absolute atomic E-state index is 12.3. The Morgan fingerprint density at radius 1 is 1.29 bits per heavy atom. The van der Waals surface area contributed by atoms with Gasteiger partial charge in [-0.25, -0.2) is 0 Å². The molecular formula is C14H16Cl2N4O. The molecule has 1 heterocycles. The molecule has 0 radical (unpaired) electrons. The summed E-state index contributed by atoms with van der Waals surface area (Å²) < 4.78 is 0. The molecule has 1 atom stereocenters. The molecular weight excluding hydrogens is 311 g/mol. The van der Waals surface area contributed by atoms with Gasteiger partial charge in [-0.2, -0.15) is 15.0 Å². The number of rotatable bonds is 5. The van der Waals surface area contributed by atoms with E-state index >= 15 is 0 Å². The minimum Gasteiger partial charge on any atom is -0.347 e. The highest BCUT2D eigenvalue weighted by atomic mass is 35.5. The molecule has 1 unspecified atom stereocenters. The summed E-state index contributed by atoms with van der Waals surface area (Å²) in [5.74, 6) is -0.00597. The topological polar surface area (TPSA) is 59.8 Å². The van der Waals surface area contributed by atoms with Crippen LogP contribution in [0.1, 0.15) is 24.2 Å². The Balaban J connectivity index is 2.11. The fourth-order valence-corrected chi connectivity index (χ4v) is 2.35. The highest BCUT2D eigenvalue weighted by Crippen LogP contribution is 2.21. The van der Waals surface area contributed by atoms with E-state index in [9.17, 15) is 4.79 Å². The summed E-state index contributed by atoms with van der Waals surface area (Å²) in [4.78, 5) is 13.9. The van der Waals surface area contributed by atoms with Crippen molar-refractivity contribution in [2.75, 3.05) is 0 Å². The van der Waals surface area contributed by atoms with Crippen LogP contribution < -0.4 is 5.32 Å². The van der Waals surface area contributed by atoms with Crippen LogP contribution in [0, 0.1) is 5.92 Å². The lowest BCUT2D eigenvalue weighted by molar-refractivity contribution is 0.0918. The van der Waals surface area contributed by atoms with Gasteiger partial charge in [-0.1, -0.05) is 37.0 Å². The zero-order chi connectivity index (χ0) is 15.4. The first kappa shape index (κ1) is 15.8. The van der Waals surface area contributed by atoms with E-state index in [1.807, 2.05) is 13.8 Å². The van der Waals surface area contributed by atoms with E-state index in [4.69, 9.17) is 23.2 Å². The number of nitrogens with zero attached hydrogens (tertiary/aromatic N) is 3. The summed E-state index contributed by atoms with van der Waals surface area (Å²) in [5.41, 5.74) is 0.403. The summed E-state index contributed by atoms with van der Waals surface area (Å²) in [6.45, 7) is 4.55. The van der Waals surface area contributed by atoms with E-state index in [2.05, 4.69) is 15.5 Å². The SMILES string of the molecule is CC(C)C(Cn1nccn1)NC(=O)c1ccc(Cl)cc1Cl. The second-order valence-corrected chi connectivity index (χ2v) is 5.88. The quantitative estimate of drug-likeness (QED) is 0.918. The molecule has 112 valence electrons. The van der Waals surface area contributed by atoms with Crippen LogP contribution in [0.5, 0.6) is 0 Å². The van der Waals surface area contributed by atoms with Gasteiger partial charge in [0.15, 0.2) is 0 Å². The molecule has 2 aromatic rings. The van der Waals surface area contributed by atoms with Crippen molar-refractivity contribution in [1.82, 2.24) is 20.3 Å². The van der Waals surface area contributed by atoms with Gasteiger partial charge in [-0.3, -0.25) is 4.79 Å². The third-order valence-corrected chi connectivity index (χ3v) is 3.67. The number of carbonyl (C=O) groups is 1. The van der Waals surface area contributed by atoms with Crippen LogP contribution in [0.15, 0.2) is 30.6 Å². The van der Waals surface area contributed by atoms with Gasteiger partial charge in [0.1, 0.15) is 0 Å². The Morgan fingerprint density at radius 2 is 1.95 bits per heavy atom. The van der Waals surface area contributed by atoms with Gasteiger partial charge in [0.05, 0.1) is 35.6 Å². The first-order chi connectivity index (χ1) is 9.97. The summed E-state index contributed by atoms with van der Waals surface area (Å²) in [5, 5.41) is 11.9. The number of hydrogen-bond donors (Lipinski definition) is 1. The van der Waals surface area contributed by atoms with Gasteiger partial charge in [-0.05, 0) is 24.1 Å². The Kier molecular flexibility index (Phi) is 5.20. The second-order valence-electron chi connectivity index (χ2n) is 5.03. The molecule has 2 rings (SSSR count). The zero-order valence-electron chi connectivity index (χ0n) is 11.8. The van der Waals surface area contributed by atoms with Crippen LogP contribution in [0.2, 0.25) is 10.0 Å². The van der Waals surface area contributed by atoms with Crippen molar-refractivity contribution in [2.24, 2.45) is 5.92 Å². The standard InChI is InChI=1S/C14H16Cl2N4O/c1-9(2)13(8-20-17-5-6-18-20)19-14(21)11-4-3-10(15)7-12(11)16/h3-7,9,13H,8H2,1-2H3,(H,19,21). The monoisotopic (exact) mass is 326 g/mol. The molecule has 0 fully saturated rings. The molecule has 1 amide bonds. The lowest BCUT2D eigenvalue weighted by Gasteiger charge is -2.22. The fourth-order valence-electron chi connectivity index (χ4n) is 1.86. The average Bonchev–Trinajstić information content (AvgIpc) is 2.90. The maximum atomic E-state index is 12.3. The predicted octanol–water partition coefficient (Wildman–Crippen LogP) is 3.04. The Hall–Kier alpha value is -1.59. The average molecular weight is 327 g/mol. The minimum atomic E-state index is -0.234. The molecule has 0 saturated heterocycles. The van der Waals surface area contributed by atoms with Crippen LogP contribution >= 0.6 is 23.2 Å². The number of hydrogen-bond acceptors (Lipinski definition) is 3. The van der Waals surface area contributed by atoms with Crippen LogP contribution in [0.3, 0.4) is 0 Å². The largest absolute Gasteiger partial charge is 0.347 e. The van der Waals surface area contributed by atoms with E-state index in [0.717, 1.165) is 0 Å². The van der Waals surface area contributed by atoms with E-state index in [-0.39, 0.29) is 17.9 Å². The van der Waals surface area contributed by atoms with Gasteiger partial charge in [0.2, 0.25) is 0 Å². The van der Waals surface area contributed by atoms with Crippen LogP contribution in [0.4, 0.5) is 0 Å². The Bertz CT molecular complexity index is 613. The molecule has 1 N–H and O–H groups in total. The number of nitrogens with one attached hydrogen (secondary N) is 1. The van der Waals surface area contributed by atoms with Crippen molar-refractivity contribution < 1.29 is 4.79 Å². The molecule has 0 saturated carbocycles. The maximum Gasteiger partial charge on any atom is 0.253 e. The minimum absolute atomic E-state index is 0.100. The third-order valence-electron chi connectivity index (χ3n) is 3.12. The number of carbonyl (C=O) groups excluding carboxylic acids is 1. The molecule has 1 aromatic carbocycles. The van der Waals surface area contributed by atoms with Gasteiger partial charge >= 0.3 is 0 Å². The molecule has 0 aliphatic heterocycles. The van der Waals surface area contributed by atoms with E-state index in [1.54, 1.807) is 35.4 Å². The number of amides is 1. The van der Waals surface area contributed by atoms with Gasteiger partial charge < -0.3 is 5.32 Å². The molecule has 5 nitrogen and oxygen atoms in total. The number of benzene rings is 1. The van der Waals surface area contributed by atoms with E-state index in [0.29, 0.717) is 22.2 Å². The fraction of sp³-hybridized carbons (Fsp3) is 0.357. The second kappa shape index (κ2) is 6.91. The lowest BCUT2D eigenvalue weighted by Crippen LogP contribution is -2.42. The van der Waals surface area contributed by atoms with Gasteiger partial charge in [0, 0.05) is 5.02 Å². The van der Waals surface area contributed by atoms with E-state index < -0.39 is 0 Å². The molecule has 21 heavy (non-hydrogen) atoms. The molecule has 0 bridgehead atoms. The molecule has 0 spiro atoms. The molecule has 0 aliphatic carbocycles. The Labute approximate surface area is 133 Å². The lowest BCUT2D eigenvalue weighted by atomic mass is 10.0. The van der Waals surface area contributed by atoms with Crippen LogP contribution in [0.25, 0.3) is 0 Å². The summed E-state index contributed by atoms with van der Waals surface area (Å²) in [7, 11) is 0. The van der Waals surface area contributed by atoms with Crippen molar-refractivity contribution in [1.29, 1.82) is 0 Å². The first-order valence-corrected chi connectivity index (χ1v) is 7.33. The van der Waals surface area contributed by atoms with Crippen LogP contribution in [-0.4, -0.2) is 26.9 Å². The van der Waals surface area contributed by atoms with Crippen molar-refractivity contribution in [2.45, 2.75) is 26.4 Å². The summed E-state index contributed by atoms with van der Waals surface area (Å²) in [6, 6.07) is 4.71. The number of aromatic nitrogens is 3. The molecule has 0 aliphatic rings. The van der Waals surface area contributed by atoms with Crippen molar-refractivity contribution >= 4 is 29.1 Å². The van der Waals surface area contributed by atoms with Crippen LogP contribution in [-0.2, 0) is 6.54 Å². The first-order valence-electron chi connectivity index (χ1n) is 6.57. The van der Waals surface area contributed by atoms with Gasteiger partial charge in [0.25, 0.3) is 5.91 Å². The van der Waals surface area contributed by atoms with Crippen molar-refractivity contribution in [3.05, 3.63) is 46.2 Å². The summed E-state index contributed by atoms with van der Waals surface area (Å²) in [6.07, 6.45) is 3.21. The normalized spacial score (nSPS) is 12.4. The predicted molar refractivity (Wildman–Crippen MR) is 82.6 cm³/mol. The van der Waals surface area contributed by atoms with Gasteiger partial charge in [-0.15, -0.1) is 0 Å².